The van der Waals surface area contributed by atoms with E-state index < -0.39 is 0 Å². The molecule has 0 saturated heterocycles. The van der Waals surface area contributed by atoms with Gasteiger partial charge >= 0.3 is 5.97 Å². The Kier molecular flexibility index (Phi) is 5.41. The second kappa shape index (κ2) is 6.35. The number of halogens is 3. The molecule has 0 atom stereocenters. The van der Waals surface area contributed by atoms with Crippen LogP contribution in [0.3, 0.4) is 0 Å². The van der Waals surface area contributed by atoms with Crippen LogP contribution in [0.5, 0.6) is 0 Å². The van der Waals surface area contributed by atoms with E-state index in [1.807, 2.05) is 0 Å². The molecule has 0 amide bonds. The summed E-state index contributed by atoms with van der Waals surface area (Å²) in [6.07, 6.45) is 0.0884. The van der Waals surface area contributed by atoms with Crippen LogP contribution in [0.2, 0.25) is 0 Å². The first-order valence-corrected chi connectivity index (χ1v) is 6.68. The lowest BCUT2D eigenvalue weighted by molar-refractivity contribution is -0.142. The molecule has 0 N–H and O–H groups in total. The zero-order valence-corrected chi connectivity index (χ0v) is 11.9. The average molecular weight is 354 g/mol. The molecule has 0 saturated carbocycles. The second-order valence-corrected chi connectivity index (χ2v) is 4.56. The van der Waals surface area contributed by atoms with E-state index in [4.69, 9.17) is 4.74 Å². The average Bonchev–Trinajstić information content (AvgIpc) is 2.17. The standard InChI is InChI=1S/C11H11Br2FO2/c1-2-16-11(15)4-7-3-8(14)5-10(13)9(7)6-12/h3,5H,2,4,6H2,1H3. The van der Waals surface area contributed by atoms with Crippen LogP contribution in [-0.4, -0.2) is 12.6 Å². The summed E-state index contributed by atoms with van der Waals surface area (Å²) < 4.78 is 18.7. The van der Waals surface area contributed by atoms with E-state index in [9.17, 15) is 9.18 Å². The number of hydrogen-bond donors (Lipinski definition) is 0. The fourth-order valence-corrected chi connectivity index (χ4v) is 2.98. The first-order valence-electron chi connectivity index (χ1n) is 4.76. The largest absolute Gasteiger partial charge is 0.466 e. The third-order valence-electron chi connectivity index (χ3n) is 2.03. The predicted molar refractivity (Wildman–Crippen MR) is 67.1 cm³/mol. The number of carbonyl (C=O) groups excluding carboxylic acids is 1. The molecule has 0 radical (unpaired) electrons. The third kappa shape index (κ3) is 3.56. The van der Waals surface area contributed by atoms with Gasteiger partial charge in [0.15, 0.2) is 0 Å². The Hall–Kier alpha value is -0.420. The highest BCUT2D eigenvalue weighted by atomic mass is 79.9. The lowest BCUT2D eigenvalue weighted by Gasteiger charge is -2.09. The maximum atomic E-state index is 13.2. The van der Waals surface area contributed by atoms with Crippen molar-refractivity contribution in [1.82, 2.24) is 0 Å². The van der Waals surface area contributed by atoms with Gasteiger partial charge in [0.1, 0.15) is 5.82 Å². The maximum Gasteiger partial charge on any atom is 0.310 e. The summed E-state index contributed by atoms with van der Waals surface area (Å²) in [7, 11) is 0. The number of esters is 1. The molecule has 1 aromatic carbocycles. The minimum Gasteiger partial charge on any atom is -0.466 e. The van der Waals surface area contributed by atoms with Gasteiger partial charge in [-0.2, -0.15) is 0 Å². The number of alkyl halides is 1. The Morgan fingerprint density at radius 2 is 2.19 bits per heavy atom. The van der Waals surface area contributed by atoms with Crippen molar-refractivity contribution in [2.45, 2.75) is 18.7 Å². The van der Waals surface area contributed by atoms with Crippen molar-refractivity contribution in [3.05, 3.63) is 33.5 Å². The summed E-state index contributed by atoms with van der Waals surface area (Å²) in [5, 5.41) is 0.558. The van der Waals surface area contributed by atoms with Crippen molar-refractivity contribution < 1.29 is 13.9 Å². The Labute approximate surface area is 110 Å². The fraction of sp³-hybridized carbons (Fsp3) is 0.364. The predicted octanol–water partition coefficient (Wildman–Crippen LogP) is 3.59. The van der Waals surface area contributed by atoms with Crippen molar-refractivity contribution in [2.24, 2.45) is 0 Å². The molecule has 0 heterocycles. The number of rotatable bonds is 4. The van der Waals surface area contributed by atoms with Gasteiger partial charge in [-0.05, 0) is 30.2 Å². The number of hydrogen-bond acceptors (Lipinski definition) is 2. The highest BCUT2D eigenvalue weighted by Crippen LogP contribution is 2.25. The maximum absolute atomic E-state index is 13.2. The van der Waals surface area contributed by atoms with E-state index in [2.05, 4.69) is 31.9 Å². The van der Waals surface area contributed by atoms with Crippen molar-refractivity contribution in [2.75, 3.05) is 6.61 Å². The van der Waals surface area contributed by atoms with Gasteiger partial charge in [-0.15, -0.1) is 0 Å². The van der Waals surface area contributed by atoms with Gasteiger partial charge in [0, 0.05) is 9.80 Å². The summed E-state index contributed by atoms with van der Waals surface area (Å²) in [5.41, 5.74) is 1.51. The van der Waals surface area contributed by atoms with Crippen LogP contribution in [0.25, 0.3) is 0 Å². The smallest absolute Gasteiger partial charge is 0.310 e. The molecule has 0 aliphatic carbocycles. The van der Waals surface area contributed by atoms with E-state index in [0.29, 0.717) is 22.0 Å². The van der Waals surface area contributed by atoms with Gasteiger partial charge in [-0.1, -0.05) is 31.9 Å². The van der Waals surface area contributed by atoms with Gasteiger partial charge < -0.3 is 4.74 Å². The molecule has 0 aromatic heterocycles. The first-order chi connectivity index (χ1) is 7.58. The minimum atomic E-state index is -0.365. The Bertz CT molecular complexity index is 394. The quantitative estimate of drug-likeness (QED) is 0.610. The van der Waals surface area contributed by atoms with Crippen LogP contribution >= 0.6 is 31.9 Å². The molecule has 0 unspecified atom stereocenters. The Morgan fingerprint density at radius 1 is 1.50 bits per heavy atom. The molecule has 0 spiro atoms. The number of ether oxygens (including phenoxy) is 1. The third-order valence-corrected chi connectivity index (χ3v) is 3.29. The van der Waals surface area contributed by atoms with Gasteiger partial charge in [0.05, 0.1) is 13.0 Å². The highest BCUT2D eigenvalue weighted by Gasteiger charge is 2.12. The molecule has 0 aliphatic rings. The van der Waals surface area contributed by atoms with Crippen LogP contribution in [0, 0.1) is 5.82 Å². The topological polar surface area (TPSA) is 26.3 Å². The van der Waals surface area contributed by atoms with Crippen LogP contribution in [0.15, 0.2) is 16.6 Å². The summed E-state index contributed by atoms with van der Waals surface area (Å²) >= 11 is 6.57. The lowest BCUT2D eigenvalue weighted by Crippen LogP contribution is -2.09. The van der Waals surface area contributed by atoms with Gasteiger partial charge in [0.25, 0.3) is 0 Å². The SMILES string of the molecule is CCOC(=O)Cc1cc(F)cc(Br)c1CBr. The molecule has 5 heteroatoms. The first kappa shape index (κ1) is 13.6. The summed E-state index contributed by atoms with van der Waals surface area (Å²) in [6.45, 7) is 2.07. The van der Waals surface area contributed by atoms with Crippen LogP contribution in [0.4, 0.5) is 4.39 Å². The van der Waals surface area contributed by atoms with Crippen molar-refractivity contribution >= 4 is 37.8 Å². The molecule has 2 nitrogen and oxygen atoms in total. The van der Waals surface area contributed by atoms with Crippen molar-refractivity contribution in [3.8, 4) is 0 Å². The van der Waals surface area contributed by atoms with E-state index >= 15 is 0 Å². The highest BCUT2D eigenvalue weighted by molar-refractivity contribution is 9.10. The molecule has 0 bridgehead atoms. The van der Waals surface area contributed by atoms with Crippen LogP contribution < -0.4 is 0 Å². The summed E-state index contributed by atoms with van der Waals surface area (Å²) in [6, 6.07) is 2.74. The van der Waals surface area contributed by atoms with Gasteiger partial charge in [-0.3, -0.25) is 4.79 Å². The second-order valence-electron chi connectivity index (χ2n) is 3.14. The number of benzene rings is 1. The van der Waals surface area contributed by atoms with E-state index in [1.54, 1.807) is 6.92 Å². The molecule has 0 fully saturated rings. The zero-order valence-electron chi connectivity index (χ0n) is 8.73. The van der Waals surface area contributed by atoms with E-state index in [0.717, 1.165) is 5.56 Å². The van der Waals surface area contributed by atoms with Gasteiger partial charge in [-0.25, -0.2) is 4.39 Å². The summed E-state index contributed by atoms with van der Waals surface area (Å²) in [5.74, 6) is -0.710. The molecular weight excluding hydrogens is 343 g/mol. The number of carbonyl (C=O) groups is 1. The molecule has 0 aliphatic heterocycles. The normalized spacial score (nSPS) is 10.2. The van der Waals surface area contributed by atoms with Crippen LogP contribution in [-0.2, 0) is 21.3 Å². The molecule has 1 rings (SSSR count). The summed E-state index contributed by atoms with van der Waals surface area (Å²) in [4.78, 5) is 11.3. The molecule has 16 heavy (non-hydrogen) atoms. The Morgan fingerprint density at radius 3 is 2.75 bits per heavy atom. The lowest BCUT2D eigenvalue weighted by atomic mass is 10.1. The fourth-order valence-electron chi connectivity index (χ4n) is 1.33. The molecule has 1 aromatic rings. The monoisotopic (exact) mass is 352 g/mol. The zero-order chi connectivity index (χ0) is 12.1. The molecule has 88 valence electrons. The van der Waals surface area contributed by atoms with Crippen molar-refractivity contribution in [3.63, 3.8) is 0 Å². The van der Waals surface area contributed by atoms with E-state index in [-0.39, 0.29) is 18.2 Å². The molecular formula is C11H11Br2FO2. The van der Waals surface area contributed by atoms with Crippen LogP contribution in [0.1, 0.15) is 18.1 Å². The van der Waals surface area contributed by atoms with E-state index in [1.165, 1.54) is 12.1 Å². The van der Waals surface area contributed by atoms with Crippen molar-refractivity contribution in [1.29, 1.82) is 0 Å². The Balaban J connectivity index is 2.97. The minimum absolute atomic E-state index is 0.0884. The van der Waals surface area contributed by atoms with Gasteiger partial charge in [0.2, 0.25) is 0 Å².